The van der Waals surface area contributed by atoms with E-state index in [2.05, 4.69) is 10.2 Å². The summed E-state index contributed by atoms with van der Waals surface area (Å²) in [6.45, 7) is 3.55. The number of esters is 1. The maximum Gasteiger partial charge on any atom is 0.313 e. The van der Waals surface area contributed by atoms with Gasteiger partial charge in [-0.05, 0) is 50.6 Å². The first-order valence-electron chi connectivity index (χ1n) is 13.0. The number of fused-ring (bicyclic) bond motifs is 1. The van der Waals surface area contributed by atoms with Crippen LogP contribution in [0.5, 0.6) is 11.5 Å². The van der Waals surface area contributed by atoms with Crippen molar-refractivity contribution < 1.29 is 52.0 Å². The highest BCUT2D eigenvalue weighted by molar-refractivity contribution is 7.90. The second-order valence-electron chi connectivity index (χ2n) is 10.3. The largest absolute Gasteiger partial charge is 0.493 e. The van der Waals surface area contributed by atoms with Crippen LogP contribution in [0.3, 0.4) is 0 Å². The van der Waals surface area contributed by atoms with E-state index >= 15 is 0 Å². The first-order chi connectivity index (χ1) is 20.1. The van der Waals surface area contributed by atoms with E-state index in [0.29, 0.717) is 17.1 Å². The van der Waals surface area contributed by atoms with E-state index in [-0.39, 0.29) is 23.4 Å². The van der Waals surface area contributed by atoms with Crippen molar-refractivity contribution in [3.8, 4) is 11.5 Å². The Morgan fingerprint density at radius 1 is 1.16 bits per heavy atom. The number of anilines is 1. The summed E-state index contributed by atoms with van der Waals surface area (Å²) >= 11 is 0. The number of ether oxygens (including phenoxy) is 3. The standard InChI is InChI=1S/C27H33N3O12S/c1-6-40-21-12-16(10-11-20(21)39-4)19(14-43(5,37)38)29-24(32)17-8-7-9-18(23(17)25(29)33)28-22(31)13-41-26(34)27(2,3)15-42-30(35)36/h7-12,19,22,28,31H,6,13-15H2,1-5H3/t19-,22+/m1/s1. The molecule has 0 spiro atoms. The number of imide groups is 1. The molecule has 0 saturated carbocycles. The molecule has 1 aliphatic rings. The first kappa shape index (κ1) is 33.1. The summed E-state index contributed by atoms with van der Waals surface area (Å²) in [5, 5.41) is 22.5. The average molecular weight is 624 g/mol. The van der Waals surface area contributed by atoms with Crippen LogP contribution in [0, 0.1) is 15.5 Å². The maximum absolute atomic E-state index is 13.7. The van der Waals surface area contributed by atoms with Crippen LogP contribution in [0.4, 0.5) is 5.69 Å². The summed E-state index contributed by atoms with van der Waals surface area (Å²) in [6.07, 6.45) is -0.567. The summed E-state index contributed by atoms with van der Waals surface area (Å²) in [5.74, 6) is -2.35. The van der Waals surface area contributed by atoms with Crippen molar-refractivity contribution in [2.45, 2.75) is 33.0 Å². The zero-order valence-corrected chi connectivity index (χ0v) is 25.0. The van der Waals surface area contributed by atoms with E-state index in [1.165, 1.54) is 51.3 Å². The molecule has 0 bridgehead atoms. The summed E-state index contributed by atoms with van der Waals surface area (Å²) in [6, 6.07) is 7.63. The minimum atomic E-state index is -3.72. The minimum Gasteiger partial charge on any atom is -0.493 e. The van der Waals surface area contributed by atoms with Crippen LogP contribution in [-0.4, -0.2) is 86.5 Å². The van der Waals surface area contributed by atoms with Crippen molar-refractivity contribution in [1.82, 2.24) is 4.90 Å². The van der Waals surface area contributed by atoms with Gasteiger partial charge in [-0.3, -0.25) is 19.3 Å². The Bertz CT molecular complexity index is 1510. The number of hydrogen-bond donors (Lipinski definition) is 2. The smallest absolute Gasteiger partial charge is 0.313 e. The number of nitrogens with zero attached hydrogens (tertiary/aromatic N) is 2. The molecule has 2 N–H and O–H groups in total. The van der Waals surface area contributed by atoms with Crippen LogP contribution < -0.4 is 14.8 Å². The number of amides is 2. The van der Waals surface area contributed by atoms with Gasteiger partial charge in [0, 0.05) is 11.9 Å². The van der Waals surface area contributed by atoms with Gasteiger partial charge in [0.15, 0.2) is 17.7 Å². The highest BCUT2D eigenvalue weighted by Crippen LogP contribution is 2.38. The van der Waals surface area contributed by atoms with E-state index in [0.717, 1.165) is 11.2 Å². The molecule has 0 saturated heterocycles. The summed E-state index contributed by atoms with van der Waals surface area (Å²) in [5.41, 5.74) is -1.21. The number of benzene rings is 2. The zero-order chi connectivity index (χ0) is 32.1. The first-order valence-corrected chi connectivity index (χ1v) is 15.0. The summed E-state index contributed by atoms with van der Waals surface area (Å²) in [7, 11) is -2.28. The number of carbonyl (C=O) groups excluding carboxylic acids is 3. The Morgan fingerprint density at radius 3 is 2.47 bits per heavy atom. The monoisotopic (exact) mass is 623 g/mol. The zero-order valence-electron chi connectivity index (χ0n) is 24.2. The lowest BCUT2D eigenvalue weighted by Crippen LogP contribution is -2.38. The number of aliphatic hydroxyl groups excluding tert-OH is 1. The van der Waals surface area contributed by atoms with Crippen molar-refractivity contribution >= 4 is 33.3 Å². The molecule has 15 nitrogen and oxygen atoms in total. The van der Waals surface area contributed by atoms with Crippen LogP contribution >= 0.6 is 0 Å². The molecule has 0 aromatic heterocycles. The molecule has 0 radical (unpaired) electrons. The van der Waals surface area contributed by atoms with Crippen molar-refractivity contribution in [3.63, 3.8) is 0 Å². The lowest BCUT2D eigenvalue weighted by atomic mass is 9.95. The van der Waals surface area contributed by atoms with Crippen LogP contribution in [0.15, 0.2) is 36.4 Å². The molecule has 0 unspecified atom stereocenters. The Hall–Kier alpha value is -4.44. The predicted octanol–water partition coefficient (Wildman–Crippen LogP) is 1.98. The Balaban J connectivity index is 1.88. The molecule has 234 valence electrons. The van der Waals surface area contributed by atoms with E-state index in [1.807, 2.05) is 0 Å². The molecule has 16 heteroatoms. The quantitative estimate of drug-likeness (QED) is 0.0960. The predicted molar refractivity (Wildman–Crippen MR) is 151 cm³/mol. The van der Waals surface area contributed by atoms with Gasteiger partial charge in [-0.1, -0.05) is 12.1 Å². The maximum atomic E-state index is 13.7. The van der Waals surface area contributed by atoms with Gasteiger partial charge in [0.2, 0.25) is 0 Å². The lowest BCUT2D eigenvalue weighted by Gasteiger charge is -2.27. The fourth-order valence-electron chi connectivity index (χ4n) is 4.33. The number of sulfone groups is 1. The SMILES string of the molecule is CCOc1cc([C@@H](CS(C)(=O)=O)N2C(=O)c3cccc(N[C@@H](O)COC(=O)C(C)(C)CO[N+](=O)[O-])c3C2=O)ccc1OC. The molecule has 1 aliphatic heterocycles. The molecule has 2 amide bonds. The Morgan fingerprint density at radius 2 is 1.86 bits per heavy atom. The second-order valence-corrected chi connectivity index (χ2v) is 12.5. The minimum absolute atomic E-state index is 0.0284. The van der Waals surface area contributed by atoms with Gasteiger partial charge in [0.05, 0.1) is 42.1 Å². The van der Waals surface area contributed by atoms with Crippen molar-refractivity contribution in [1.29, 1.82) is 0 Å². The fourth-order valence-corrected chi connectivity index (χ4v) is 5.24. The van der Waals surface area contributed by atoms with Gasteiger partial charge < -0.3 is 29.5 Å². The van der Waals surface area contributed by atoms with Crippen LogP contribution in [0.2, 0.25) is 0 Å². The molecular weight excluding hydrogens is 590 g/mol. The Labute approximate surface area is 247 Å². The fraction of sp³-hybridized carbons (Fsp3) is 0.444. The van der Waals surface area contributed by atoms with E-state index in [1.54, 1.807) is 13.0 Å². The van der Waals surface area contributed by atoms with Gasteiger partial charge >= 0.3 is 5.97 Å². The summed E-state index contributed by atoms with van der Waals surface area (Å²) < 4.78 is 40.8. The number of methoxy groups -OCH3 is 1. The van der Waals surface area contributed by atoms with Gasteiger partial charge in [0.25, 0.3) is 16.9 Å². The third kappa shape index (κ3) is 7.90. The number of carbonyl (C=O) groups is 3. The third-order valence-electron chi connectivity index (χ3n) is 6.37. The number of hydrogen-bond acceptors (Lipinski definition) is 13. The topological polar surface area (TPSA) is 201 Å². The normalized spacial score (nSPS) is 14.5. The molecule has 0 aliphatic carbocycles. The number of nitrogens with one attached hydrogen (secondary N) is 1. The lowest BCUT2D eigenvalue weighted by molar-refractivity contribution is -0.760. The van der Waals surface area contributed by atoms with Crippen molar-refractivity contribution in [2.75, 3.05) is 44.3 Å². The molecule has 0 fully saturated rings. The second kappa shape index (κ2) is 13.2. The molecule has 2 aromatic carbocycles. The van der Waals surface area contributed by atoms with Gasteiger partial charge in [-0.2, -0.15) is 0 Å². The molecule has 1 heterocycles. The Kier molecular flexibility index (Phi) is 10.2. The highest BCUT2D eigenvalue weighted by Gasteiger charge is 2.43. The number of rotatable bonds is 15. The van der Waals surface area contributed by atoms with E-state index in [4.69, 9.17) is 14.2 Å². The van der Waals surface area contributed by atoms with Gasteiger partial charge in [-0.15, -0.1) is 10.1 Å². The molecule has 43 heavy (non-hydrogen) atoms. The average Bonchev–Trinajstić information content (AvgIpc) is 3.19. The van der Waals surface area contributed by atoms with Gasteiger partial charge in [-0.25, -0.2) is 8.42 Å². The van der Waals surface area contributed by atoms with Crippen LogP contribution in [0.1, 0.15) is 53.1 Å². The van der Waals surface area contributed by atoms with Crippen molar-refractivity contribution in [3.05, 3.63) is 63.2 Å². The van der Waals surface area contributed by atoms with Crippen LogP contribution in [0.25, 0.3) is 0 Å². The molecular formula is C27H33N3O12S. The van der Waals surface area contributed by atoms with Crippen molar-refractivity contribution in [2.24, 2.45) is 5.41 Å². The molecule has 3 rings (SSSR count). The third-order valence-corrected chi connectivity index (χ3v) is 7.29. The van der Waals surface area contributed by atoms with Crippen LogP contribution in [-0.2, 0) is 24.2 Å². The van der Waals surface area contributed by atoms with E-state index < -0.39 is 69.4 Å². The number of aliphatic hydroxyl groups is 1. The molecule has 2 atom stereocenters. The highest BCUT2D eigenvalue weighted by atomic mass is 32.2. The van der Waals surface area contributed by atoms with E-state index in [9.17, 15) is 38.0 Å². The summed E-state index contributed by atoms with van der Waals surface area (Å²) in [4.78, 5) is 55.2. The van der Waals surface area contributed by atoms with Gasteiger partial charge in [0.1, 0.15) is 23.1 Å². The molecule has 2 aromatic rings.